The molecule has 1 aromatic heterocycles. The Morgan fingerprint density at radius 2 is 2.23 bits per heavy atom. The Labute approximate surface area is 133 Å². The molecule has 0 radical (unpaired) electrons. The van der Waals surface area contributed by atoms with Gasteiger partial charge in [0.25, 0.3) is 0 Å². The van der Waals surface area contributed by atoms with Crippen LogP contribution in [0.3, 0.4) is 0 Å². The number of nitrogens with one attached hydrogen (secondary N) is 1. The number of hydrogen-bond donors (Lipinski definition) is 1. The van der Waals surface area contributed by atoms with E-state index < -0.39 is 5.41 Å². The number of piperidine rings is 1. The van der Waals surface area contributed by atoms with Gasteiger partial charge in [0.1, 0.15) is 10.0 Å². The molecule has 22 heavy (non-hydrogen) atoms. The van der Waals surface area contributed by atoms with Crippen LogP contribution in [-0.2, 0) is 16.8 Å². The van der Waals surface area contributed by atoms with E-state index in [0.717, 1.165) is 53.7 Å². The summed E-state index contributed by atoms with van der Waals surface area (Å²) in [7, 11) is 0. The fourth-order valence-corrected chi connectivity index (χ4v) is 4.40. The highest BCUT2D eigenvalue weighted by Crippen LogP contribution is 2.43. The predicted octanol–water partition coefficient (Wildman–Crippen LogP) is 2.33. The number of aryl methyl sites for hydroxylation is 1. The minimum absolute atomic E-state index is 0.145. The number of aromatic nitrogens is 2. The molecular weight excluding hydrogens is 296 g/mol. The van der Waals surface area contributed by atoms with Crippen LogP contribution in [-0.4, -0.2) is 34.1 Å². The fourth-order valence-electron chi connectivity index (χ4n) is 3.65. The highest BCUT2D eigenvalue weighted by atomic mass is 32.1. The molecule has 0 saturated carbocycles. The van der Waals surface area contributed by atoms with Crippen molar-refractivity contribution in [1.82, 2.24) is 15.1 Å². The molecule has 1 saturated heterocycles. The normalized spacial score (nSPS) is 24.5. The molecule has 2 aromatic rings. The third-order valence-corrected chi connectivity index (χ3v) is 5.45. The van der Waals surface area contributed by atoms with E-state index in [1.54, 1.807) is 11.3 Å². The summed E-state index contributed by atoms with van der Waals surface area (Å²) < 4.78 is 0. The quantitative estimate of drug-likeness (QED) is 0.924. The highest BCUT2D eigenvalue weighted by molar-refractivity contribution is 7.11. The van der Waals surface area contributed by atoms with E-state index in [4.69, 9.17) is 0 Å². The number of amides is 1. The van der Waals surface area contributed by atoms with Crippen LogP contribution in [0.4, 0.5) is 5.69 Å². The number of nitrogens with zero attached hydrogens (tertiary/aromatic N) is 3. The molecular formula is C16H18N4OS. The van der Waals surface area contributed by atoms with Crippen molar-refractivity contribution < 1.29 is 4.79 Å². The number of benzene rings is 1. The average molecular weight is 314 g/mol. The van der Waals surface area contributed by atoms with Gasteiger partial charge in [0.2, 0.25) is 5.91 Å². The third kappa shape index (κ3) is 2.14. The van der Waals surface area contributed by atoms with E-state index in [1.165, 1.54) is 0 Å². The Hall–Kier alpha value is -1.79. The fraction of sp³-hybridized carbons (Fsp3) is 0.438. The first kappa shape index (κ1) is 13.8. The van der Waals surface area contributed by atoms with Crippen LogP contribution in [0.5, 0.6) is 0 Å². The molecule has 1 spiro atoms. The SMILES string of the molecule is Cc1nnc(CN2CCC[C@@]3(C2)C(=O)Nc2ccccc23)s1. The number of carbonyl (C=O) groups is 1. The lowest BCUT2D eigenvalue weighted by molar-refractivity contribution is -0.122. The predicted molar refractivity (Wildman–Crippen MR) is 85.9 cm³/mol. The number of para-hydroxylation sites is 1. The summed E-state index contributed by atoms with van der Waals surface area (Å²) in [5.41, 5.74) is 1.73. The molecule has 1 aromatic carbocycles. The second kappa shape index (κ2) is 5.14. The summed E-state index contributed by atoms with van der Waals surface area (Å²) in [4.78, 5) is 15.0. The molecule has 0 bridgehead atoms. The first-order valence-corrected chi connectivity index (χ1v) is 8.41. The van der Waals surface area contributed by atoms with Gasteiger partial charge >= 0.3 is 0 Å². The molecule has 6 heteroatoms. The van der Waals surface area contributed by atoms with Crippen LogP contribution in [0.1, 0.15) is 28.4 Å². The van der Waals surface area contributed by atoms with Crippen LogP contribution in [0.2, 0.25) is 0 Å². The molecule has 2 aliphatic heterocycles. The number of fused-ring (bicyclic) bond motifs is 2. The lowest BCUT2D eigenvalue weighted by Gasteiger charge is -2.38. The Morgan fingerprint density at radius 1 is 1.36 bits per heavy atom. The Morgan fingerprint density at radius 3 is 3.05 bits per heavy atom. The number of carbonyl (C=O) groups excluding carboxylic acids is 1. The molecule has 114 valence electrons. The second-order valence-corrected chi connectivity index (χ2v) is 7.38. The maximum atomic E-state index is 12.6. The number of likely N-dealkylation sites (tertiary alicyclic amines) is 1. The Kier molecular flexibility index (Phi) is 3.23. The molecule has 3 heterocycles. The summed E-state index contributed by atoms with van der Waals surface area (Å²) in [6.07, 6.45) is 1.95. The molecule has 2 aliphatic rings. The summed E-state index contributed by atoms with van der Waals surface area (Å²) in [6.45, 7) is 4.52. The Balaban J connectivity index is 1.61. The molecule has 0 unspecified atom stereocenters. The van der Waals surface area contributed by atoms with Crippen molar-refractivity contribution in [3.63, 3.8) is 0 Å². The van der Waals surface area contributed by atoms with Crippen LogP contribution in [0, 0.1) is 6.92 Å². The van der Waals surface area contributed by atoms with E-state index in [1.807, 2.05) is 25.1 Å². The molecule has 1 amide bonds. The molecule has 4 rings (SSSR count). The maximum absolute atomic E-state index is 12.6. The molecule has 5 nitrogen and oxygen atoms in total. The summed E-state index contributed by atoms with van der Waals surface area (Å²) in [6, 6.07) is 8.08. The van der Waals surface area contributed by atoms with Crippen molar-refractivity contribution >= 4 is 22.9 Å². The van der Waals surface area contributed by atoms with Gasteiger partial charge in [-0.1, -0.05) is 18.2 Å². The van der Waals surface area contributed by atoms with Crippen molar-refractivity contribution in [2.75, 3.05) is 18.4 Å². The van der Waals surface area contributed by atoms with Crippen molar-refractivity contribution in [2.45, 2.75) is 31.7 Å². The van der Waals surface area contributed by atoms with Gasteiger partial charge in [0.05, 0.1) is 12.0 Å². The van der Waals surface area contributed by atoms with Crippen molar-refractivity contribution in [3.05, 3.63) is 39.8 Å². The van der Waals surface area contributed by atoms with Crippen LogP contribution < -0.4 is 5.32 Å². The standard InChI is InChI=1S/C16H18N4OS/c1-11-18-19-14(22-11)9-20-8-4-7-16(10-20)12-5-2-3-6-13(12)17-15(16)21/h2-3,5-6H,4,7-10H2,1H3,(H,17,21)/t16-/m0/s1. The van der Waals surface area contributed by atoms with Gasteiger partial charge in [-0.2, -0.15) is 0 Å². The van der Waals surface area contributed by atoms with E-state index in [0.29, 0.717) is 0 Å². The topological polar surface area (TPSA) is 58.1 Å². The maximum Gasteiger partial charge on any atom is 0.236 e. The van der Waals surface area contributed by atoms with Gasteiger partial charge in [-0.15, -0.1) is 21.5 Å². The largest absolute Gasteiger partial charge is 0.325 e. The van der Waals surface area contributed by atoms with Gasteiger partial charge in [0.15, 0.2) is 0 Å². The molecule has 1 fully saturated rings. The lowest BCUT2D eigenvalue weighted by atomic mass is 9.75. The van der Waals surface area contributed by atoms with Crippen molar-refractivity contribution in [3.8, 4) is 0 Å². The second-order valence-electron chi connectivity index (χ2n) is 6.11. The molecule has 0 aliphatic carbocycles. The first-order valence-electron chi connectivity index (χ1n) is 7.60. The van der Waals surface area contributed by atoms with E-state index in [9.17, 15) is 4.79 Å². The van der Waals surface area contributed by atoms with Gasteiger partial charge < -0.3 is 5.32 Å². The van der Waals surface area contributed by atoms with Gasteiger partial charge in [-0.3, -0.25) is 9.69 Å². The van der Waals surface area contributed by atoms with Crippen LogP contribution >= 0.6 is 11.3 Å². The molecule has 1 atom stereocenters. The minimum atomic E-state index is -0.394. The van der Waals surface area contributed by atoms with Crippen molar-refractivity contribution in [2.24, 2.45) is 0 Å². The zero-order chi connectivity index (χ0) is 15.2. The monoisotopic (exact) mass is 314 g/mol. The lowest BCUT2D eigenvalue weighted by Crippen LogP contribution is -2.49. The van der Waals surface area contributed by atoms with Crippen LogP contribution in [0.15, 0.2) is 24.3 Å². The summed E-state index contributed by atoms with van der Waals surface area (Å²) in [5, 5.41) is 13.4. The minimum Gasteiger partial charge on any atom is -0.325 e. The summed E-state index contributed by atoms with van der Waals surface area (Å²) in [5.74, 6) is 0.145. The first-order chi connectivity index (χ1) is 10.7. The van der Waals surface area contributed by atoms with Gasteiger partial charge in [-0.05, 0) is 37.9 Å². The molecule has 1 N–H and O–H groups in total. The van der Waals surface area contributed by atoms with Crippen molar-refractivity contribution in [1.29, 1.82) is 0 Å². The average Bonchev–Trinajstić information content (AvgIpc) is 3.03. The number of rotatable bonds is 2. The number of anilines is 1. The Bertz CT molecular complexity index is 728. The van der Waals surface area contributed by atoms with Gasteiger partial charge in [0, 0.05) is 12.2 Å². The zero-order valence-electron chi connectivity index (χ0n) is 12.5. The van der Waals surface area contributed by atoms with Gasteiger partial charge in [-0.25, -0.2) is 0 Å². The smallest absolute Gasteiger partial charge is 0.236 e. The third-order valence-electron chi connectivity index (χ3n) is 4.62. The summed E-state index contributed by atoms with van der Waals surface area (Å²) >= 11 is 1.63. The van der Waals surface area contributed by atoms with E-state index in [2.05, 4.69) is 26.5 Å². The highest BCUT2D eigenvalue weighted by Gasteiger charge is 2.48. The number of hydrogen-bond acceptors (Lipinski definition) is 5. The zero-order valence-corrected chi connectivity index (χ0v) is 13.3. The van der Waals surface area contributed by atoms with E-state index >= 15 is 0 Å². The van der Waals surface area contributed by atoms with Crippen LogP contribution in [0.25, 0.3) is 0 Å². The van der Waals surface area contributed by atoms with E-state index in [-0.39, 0.29) is 5.91 Å².